The number of hydrogen-bond donors (Lipinski definition) is 1. The molecule has 3 heterocycles. The van der Waals surface area contributed by atoms with Gasteiger partial charge in [-0.3, -0.25) is 9.78 Å². The van der Waals surface area contributed by atoms with Gasteiger partial charge in [0.25, 0.3) is 0 Å². The van der Waals surface area contributed by atoms with Crippen LogP contribution in [0.3, 0.4) is 0 Å². The summed E-state index contributed by atoms with van der Waals surface area (Å²) >= 11 is 13.8. The Morgan fingerprint density at radius 1 is 1.06 bits per heavy atom. The highest BCUT2D eigenvalue weighted by atomic mass is 79.9. The summed E-state index contributed by atoms with van der Waals surface area (Å²) in [5.41, 5.74) is 9.97. The molecule has 0 spiro atoms. The highest BCUT2D eigenvalue weighted by Crippen LogP contribution is 2.46. The van der Waals surface area contributed by atoms with E-state index >= 15 is 0 Å². The number of piperidine rings is 2. The number of aromatic nitrogens is 1. The van der Waals surface area contributed by atoms with Gasteiger partial charge in [-0.1, -0.05) is 27.5 Å². The highest BCUT2D eigenvalue weighted by molar-refractivity contribution is 9.10. The van der Waals surface area contributed by atoms with Crippen LogP contribution in [0.4, 0.5) is 4.79 Å². The lowest BCUT2D eigenvalue weighted by atomic mass is 9.76. The molecular formula is C27H31Br2ClN4O2. The fourth-order valence-corrected chi connectivity index (χ4v) is 7.26. The Morgan fingerprint density at radius 2 is 1.75 bits per heavy atom. The van der Waals surface area contributed by atoms with Crippen LogP contribution in [0.25, 0.3) is 0 Å². The summed E-state index contributed by atoms with van der Waals surface area (Å²) in [4.78, 5) is 32.2. The number of carbonyl (C=O) groups excluding carboxylic acids is 2. The number of benzene rings is 1. The van der Waals surface area contributed by atoms with Crippen LogP contribution in [0.15, 0.2) is 33.3 Å². The number of nitrogens with zero attached hydrogens (tertiary/aromatic N) is 3. The molecule has 192 valence electrons. The van der Waals surface area contributed by atoms with Crippen LogP contribution in [-0.4, -0.2) is 52.8 Å². The lowest BCUT2D eigenvalue weighted by molar-refractivity contribution is -0.134. The number of aryl methyl sites for hydroxylation is 2. The number of fused-ring (bicyclic) bond motifs is 2. The smallest absolute Gasteiger partial charge is 0.314 e. The van der Waals surface area contributed by atoms with Crippen molar-refractivity contribution in [1.82, 2.24) is 14.8 Å². The van der Waals surface area contributed by atoms with Crippen LogP contribution >= 0.6 is 43.5 Å². The molecule has 1 aromatic heterocycles. The van der Waals surface area contributed by atoms with E-state index < -0.39 is 24.9 Å². The number of amides is 3. The lowest BCUT2D eigenvalue weighted by Crippen LogP contribution is -2.44. The molecule has 3 aliphatic rings. The van der Waals surface area contributed by atoms with Gasteiger partial charge in [0.1, 0.15) is 0 Å². The van der Waals surface area contributed by atoms with E-state index in [2.05, 4.69) is 44.0 Å². The van der Waals surface area contributed by atoms with Crippen molar-refractivity contribution in [3.63, 3.8) is 0 Å². The Kier molecular flexibility index (Phi) is 6.51. The largest absolute Gasteiger partial charge is 0.351 e. The quantitative estimate of drug-likeness (QED) is 0.452. The van der Waals surface area contributed by atoms with Gasteiger partial charge in [-0.05, 0) is 101 Å². The van der Waals surface area contributed by atoms with E-state index in [0.29, 0.717) is 23.0 Å². The Morgan fingerprint density at radius 3 is 2.44 bits per heavy atom. The number of carbonyl (C=O) groups is 2. The molecule has 2 saturated heterocycles. The van der Waals surface area contributed by atoms with Crippen molar-refractivity contribution >= 4 is 55.4 Å². The second kappa shape index (κ2) is 11.0. The number of likely N-dealkylation sites (tertiary alicyclic amines) is 2. The van der Waals surface area contributed by atoms with E-state index in [1.165, 1.54) is 16.7 Å². The van der Waals surface area contributed by atoms with Crippen LogP contribution < -0.4 is 5.73 Å². The summed E-state index contributed by atoms with van der Waals surface area (Å²) in [6.45, 7) is -3.40. The summed E-state index contributed by atoms with van der Waals surface area (Å²) in [6.07, 6.45) is 4.91. The highest BCUT2D eigenvalue weighted by Gasteiger charge is 2.36. The molecule has 0 radical (unpaired) electrons. The summed E-state index contributed by atoms with van der Waals surface area (Å²) in [5, 5.41) is 0.695. The molecule has 2 aliphatic heterocycles. The van der Waals surface area contributed by atoms with Crippen molar-refractivity contribution in [2.45, 2.75) is 50.9 Å². The molecule has 6 nitrogen and oxygen atoms in total. The van der Waals surface area contributed by atoms with E-state index in [1.54, 1.807) is 0 Å². The number of pyridine rings is 1. The van der Waals surface area contributed by atoms with Gasteiger partial charge in [0, 0.05) is 64.1 Å². The molecule has 1 atom stereocenters. The van der Waals surface area contributed by atoms with Gasteiger partial charge in [-0.15, -0.1) is 0 Å². The minimum atomic E-state index is -2.26. The van der Waals surface area contributed by atoms with Gasteiger partial charge in [-0.2, -0.15) is 0 Å². The zero-order chi connectivity index (χ0) is 29.0. The summed E-state index contributed by atoms with van der Waals surface area (Å²) in [6, 6.07) is 5.00. The van der Waals surface area contributed by atoms with E-state index in [0.717, 1.165) is 40.3 Å². The van der Waals surface area contributed by atoms with Crippen molar-refractivity contribution in [1.29, 1.82) is 0 Å². The van der Waals surface area contributed by atoms with E-state index in [9.17, 15) is 9.59 Å². The standard InChI is InChI=1S/C27H31Br2ClN4O2/c28-20-12-19-2-1-18-13-21(30)14-22(29)24(18)25(26(19)32-15-20)17-5-9-33(10-6-17)23(35)11-16-3-7-34(8-4-16)27(31)36/h12-17,25H,1-11H2,(H2,31,36)/t25-/m1/s1/i7D2,8D2. The van der Waals surface area contributed by atoms with Crippen molar-refractivity contribution < 1.29 is 15.1 Å². The molecule has 2 fully saturated rings. The Hall–Kier alpha value is -1.64. The number of nitrogens with two attached hydrogens (primary N) is 1. The minimum Gasteiger partial charge on any atom is -0.351 e. The normalized spacial score (nSPS) is 25.5. The summed E-state index contributed by atoms with van der Waals surface area (Å²) in [7, 11) is 0. The molecule has 0 bridgehead atoms. The average molecular weight is 643 g/mol. The molecule has 0 unspecified atom stereocenters. The maximum Gasteiger partial charge on any atom is 0.314 e. The molecule has 1 aromatic carbocycles. The van der Waals surface area contributed by atoms with Gasteiger partial charge in [0.2, 0.25) is 5.91 Å². The van der Waals surface area contributed by atoms with E-state index in [1.807, 2.05) is 17.2 Å². The summed E-state index contributed by atoms with van der Waals surface area (Å²) in [5.74, 6) is -0.330. The Balaban J connectivity index is 1.32. The zero-order valence-electron chi connectivity index (χ0n) is 23.8. The second-order valence-corrected chi connectivity index (χ2v) is 12.0. The minimum absolute atomic E-state index is 0.0328. The third kappa shape index (κ3) is 5.46. The van der Waals surface area contributed by atoms with Gasteiger partial charge in [0.15, 0.2) is 0 Å². The molecule has 5 rings (SSSR count). The SMILES string of the molecule is [2H]C1([2H])CC(CC(=O)N2CCC([C@H]3c4ncc(Br)cc4CCc4cc(Cl)cc(Br)c43)CC2)CC([2H])([2H])N1C(N)=O. The van der Waals surface area contributed by atoms with Crippen molar-refractivity contribution in [3.05, 3.63) is 60.7 Å². The number of hydrogen-bond acceptors (Lipinski definition) is 3. The topological polar surface area (TPSA) is 79.5 Å². The van der Waals surface area contributed by atoms with E-state index in [-0.39, 0.29) is 37.0 Å². The molecular weight excluding hydrogens is 608 g/mol. The molecule has 36 heavy (non-hydrogen) atoms. The van der Waals surface area contributed by atoms with Crippen LogP contribution in [-0.2, 0) is 17.6 Å². The molecule has 1 aliphatic carbocycles. The number of halogens is 3. The third-order valence-electron chi connectivity index (χ3n) is 7.54. The lowest BCUT2D eigenvalue weighted by Gasteiger charge is -2.38. The number of urea groups is 1. The van der Waals surface area contributed by atoms with E-state index in [4.69, 9.17) is 27.8 Å². The monoisotopic (exact) mass is 640 g/mol. The van der Waals surface area contributed by atoms with Crippen molar-refractivity contribution in [2.75, 3.05) is 26.1 Å². The third-order valence-corrected chi connectivity index (χ3v) is 8.85. The van der Waals surface area contributed by atoms with Crippen LogP contribution in [0.5, 0.6) is 0 Å². The van der Waals surface area contributed by atoms with Crippen molar-refractivity contribution in [3.8, 4) is 0 Å². The fourth-order valence-electron chi connectivity index (χ4n) is 5.76. The fraction of sp³-hybridized carbons (Fsp3) is 0.519. The predicted molar refractivity (Wildman–Crippen MR) is 148 cm³/mol. The second-order valence-electron chi connectivity index (χ2n) is 9.82. The molecule has 3 amide bonds. The van der Waals surface area contributed by atoms with Gasteiger partial charge >= 0.3 is 6.03 Å². The van der Waals surface area contributed by atoms with Crippen LogP contribution in [0, 0.1) is 11.8 Å². The number of rotatable bonds is 3. The molecule has 2 N–H and O–H groups in total. The first-order valence-corrected chi connectivity index (χ1v) is 14.2. The molecule has 0 saturated carbocycles. The molecule has 2 aromatic rings. The first-order chi connectivity index (χ1) is 18.8. The van der Waals surface area contributed by atoms with Crippen LogP contribution in [0.2, 0.25) is 5.02 Å². The first kappa shape index (κ1) is 21.3. The summed E-state index contributed by atoms with van der Waals surface area (Å²) < 4.78 is 34.8. The zero-order valence-corrected chi connectivity index (χ0v) is 23.7. The maximum atomic E-state index is 13.3. The van der Waals surface area contributed by atoms with Gasteiger partial charge < -0.3 is 15.5 Å². The maximum absolute atomic E-state index is 13.3. The molecule has 9 heteroatoms. The van der Waals surface area contributed by atoms with Gasteiger partial charge in [0.05, 0.1) is 5.69 Å². The predicted octanol–water partition coefficient (Wildman–Crippen LogP) is 5.91. The van der Waals surface area contributed by atoms with Gasteiger partial charge in [-0.25, -0.2) is 4.79 Å². The van der Waals surface area contributed by atoms with Crippen LogP contribution in [0.1, 0.15) is 65.9 Å². The van der Waals surface area contributed by atoms with Crippen molar-refractivity contribution in [2.24, 2.45) is 17.6 Å². The Bertz CT molecular complexity index is 1320. The average Bonchev–Trinajstić information content (AvgIpc) is 2.99. The number of primary amides is 1. The first-order valence-electron chi connectivity index (χ1n) is 14.3. The Labute approximate surface area is 239 Å².